The minimum atomic E-state index is -0.364. The number of aromatic nitrogens is 3. The molecule has 2 heterocycles. The molecule has 0 aliphatic carbocycles. The predicted molar refractivity (Wildman–Crippen MR) is 118 cm³/mol. The maximum atomic E-state index is 13.6. The third kappa shape index (κ3) is 3.15. The number of halogens is 1. The van der Waals surface area contributed by atoms with Gasteiger partial charge in [-0.25, -0.2) is 4.98 Å². The van der Waals surface area contributed by atoms with Gasteiger partial charge in [0.05, 0.1) is 11.2 Å². The van der Waals surface area contributed by atoms with Crippen LogP contribution in [0, 0.1) is 12.8 Å². The molecule has 0 aliphatic heterocycles. The quantitative estimate of drug-likeness (QED) is 0.473. The van der Waals surface area contributed by atoms with Crippen LogP contribution in [0.4, 0.5) is 0 Å². The number of nitrogens with zero attached hydrogens (tertiary/aromatic N) is 3. The van der Waals surface area contributed by atoms with E-state index in [0.29, 0.717) is 34.0 Å². The zero-order chi connectivity index (χ0) is 20.9. The van der Waals surface area contributed by atoms with Crippen molar-refractivity contribution in [3.05, 3.63) is 79.5 Å². The van der Waals surface area contributed by atoms with Gasteiger partial charge in [-0.05, 0) is 42.7 Å². The second kappa shape index (κ2) is 7.16. The van der Waals surface area contributed by atoms with Crippen LogP contribution in [0.2, 0.25) is 5.02 Å². The Morgan fingerprint density at radius 1 is 1.10 bits per heavy atom. The highest BCUT2D eigenvalue weighted by Crippen LogP contribution is 2.22. The molecule has 0 spiro atoms. The third-order valence-corrected chi connectivity index (χ3v) is 5.60. The molecule has 0 aliphatic rings. The molecule has 29 heavy (non-hydrogen) atoms. The van der Waals surface area contributed by atoms with Crippen molar-refractivity contribution in [3.8, 4) is 5.69 Å². The molecule has 4 rings (SSSR count). The van der Waals surface area contributed by atoms with Crippen LogP contribution in [0.25, 0.3) is 27.6 Å². The molecule has 148 valence electrons. The number of pyridine rings is 1. The lowest BCUT2D eigenvalue weighted by Gasteiger charge is -2.17. The first kappa shape index (κ1) is 19.4. The van der Waals surface area contributed by atoms with E-state index in [9.17, 15) is 9.59 Å². The van der Waals surface area contributed by atoms with Gasteiger partial charge in [0.25, 0.3) is 5.56 Å². The molecule has 0 saturated heterocycles. The molecule has 0 unspecified atom stereocenters. The van der Waals surface area contributed by atoms with Crippen molar-refractivity contribution >= 4 is 33.5 Å². The van der Waals surface area contributed by atoms with E-state index >= 15 is 0 Å². The summed E-state index contributed by atoms with van der Waals surface area (Å²) in [5.74, 6) is 0.895. The molecule has 0 bridgehead atoms. The Morgan fingerprint density at radius 3 is 2.52 bits per heavy atom. The van der Waals surface area contributed by atoms with Gasteiger partial charge in [0.15, 0.2) is 5.65 Å². The van der Waals surface area contributed by atoms with E-state index in [1.807, 2.05) is 42.8 Å². The summed E-state index contributed by atoms with van der Waals surface area (Å²) in [4.78, 5) is 31.6. The Bertz CT molecular complexity index is 1380. The molecule has 0 fully saturated rings. The highest BCUT2D eigenvalue weighted by atomic mass is 35.5. The normalized spacial score (nSPS) is 11.7. The van der Waals surface area contributed by atoms with Gasteiger partial charge >= 0.3 is 0 Å². The summed E-state index contributed by atoms with van der Waals surface area (Å²) in [7, 11) is 1.84. The van der Waals surface area contributed by atoms with Crippen molar-refractivity contribution in [2.24, 2.45) is 13.0 Å². The predicted octanol–water partition coefficient (Wildman–Crippen LogP) is 4.40. The average Bonchev–Trinajstić information content (AvgIpc) is 2.68. The Labute approximate surface area is 173 Å². The van der Waals surface area contributed by atoms with E-state index < -0.39 is 0 Å². The summed E-state index contributed by atoms with van der Waals surface area (Å²) >= 11 is 6.33. The molecule has 4 aromatic rings. The van der Waals surface area contributed by atoms with Gasteiger partial charge in [-0.1, -0.05) is 43.6 Å². The van der Waals surface area contributed by atoms with E-state index in [4.69, 9.17) is 16.6 Å². The molecule has 0 amide bonds. The lowest BCUT2D eigenvalue weighted by Crippen LogP contribution is -2.30. The molecule has 2 aromatic carbocycles. The van der Waals surface area contributed by atoms with Crippen LogP contribution >= 0.6 is 11.6 Å². The van der Waals surface area contributed by atoms with Crippen LogP contribution in [0.1, 0.15) is 25.2 Å². The second-order valence-electron chi connectivity index (χ2n) is 7.80. The zero-order valence-electron chi connectivity index (χ0n) is 16.9. The van der Waals surface area contributed by atoms with Gasteiger partial charge in [-0.3, -0.25) is 14.2 Å². The number of rotatable bonds is 3. The Kier molecular flexibility index (Phi) is 4.79. The smallest absolute Gasteiger partial charge is 0.271 e. The first-order chi connectivity index (χ1) is 13.8. The molecule has 2 aromatic heterocycles. The third-order valence-electron chi connectivity index (χ3n) is 5.19. The maximum Gasteiger partial charge on any atom is 0.271 e. The van der Waals surface area contributed by atoms with Crippen LogP contribution in [0.15, 0.2) is 52.1 Å². The first-order valence-electron chi connectivity index (χ1n) is 9.59. The summed E-state index contributed by atoms with van der Waals surface area (Å²) in [5, 5.41) is 1.17. The van der Waals surface area contributed by atoms with Gasteiger partial charge in [0.2, 0.25) is 5.43 Å². The Balaban J connectivity index is 2.20. The number of hydrogen-bond donors (Lipinski definition) is 0. The van der Waals surface area contributed by atoms with Crippen molar-refractivity contribution in [1.82, 2.24) is 14.1 Å². The number of para-hydroxylation sites is 1. The van der Waals surface area contributed by atoms with E-state index in [1.54, 1.807) is 18.2 Å². The van der Waals surface area contributed by atoms with Gasteiger partial charge in [-0.15, -0.1) is 0 Å². The summed E-state index contributed by atoms with van der Waals surface area (Å²) in [5.41, 5.74) is 2.04. The van der Waals surface area contributed by atoms with Crippen LogP contribution in [-0.4, -0.2) is 14.1 Å². The minimum absolute atomic E-state index is 0.0930. The minimum Gasteiger partial charge on any atom is -0.328 e. The van der Waals surface area contributed by atoms with Gasteiger partial charge < -0.3 is 4.57 Å². The van der Waals surface area contributed by atoms with Gasteiger partial charge in [0, 0.05) is 23.9 Å². The van der Waals surface area contributed by atoms with E-state index in [0.717, 1.165) is 11.1 Å². The number of aryl methyl sites for hydroxylation is 2. The van der Waals surface area contributed by atoms with Gasteiger partial charge in [0.1, 0.15) is 11.2 Å². The zero-order valence-corrected chi connectivity index (χ0v) is 17.6. The Hall–Kier alpha value is -2.92. The lowest BCUT2D eigenvalue weighted by atomic mass is 10.1. The van der Waals surface area contributed by atoms with Crippen LogP contribution in [0.3, 0.4) is 0 Å². The van der Waals surface area contributed by atoms with E-state index in [1.165, 1.54) is 4.57 Å². The summed E-state index contributed by atoms with van der Waals surface area (Å²) in [6, 6.07) is 12.7. The fourth-order valence-corrected chi connectivity index (χ4v) is 3.87. The van der Waals surface area contributed by atoms with Crippen molar-refractivity contribution < 1.29 is 0 Å². The van der Waals surface area contributed by atoms with E-state index in [2.05, 4.69) is 13.8 Å². The number of hydrogen-bond acceptors (Lipinski definition) is 3. The van der Waals surface area contributed by atoms with Crippen molar-refractivity contribution in [1.29, 1.82) is 0 Å². The van der Waals surface area contributed by atoms with E-state index in [-0.39, 0.29) is 22.3 Å². The van der Waals surface area contributed by atoms with Crippen LogP contribution < -0.4 is 11.0 Å². The molecular formula is C23H22ClN3O2. The number of benzene rings is 2. The topological polar surface area (TPSA) is 56.9 Å². The molecule has 6 heteroatoms. The monoisotopic (exact) mass is 407 g/mol. The largest absolute Gasteiger partial charge is 0.328 e. The fourth-order valence-electron chi connectivity index (χ4n) is 3.69. The highest BCUT2D eigenvalue weighted by molar-refractivity contribution is 6.31. The molecule has 5 nitrogen and oxygen atoms in total. The molecule has 0 atom stereocenters. The molecule has 0 N–H and O–H groups in total. The van der Waals surface area contributed by atoms with Crippen molar-refractivity contribution in [3.63, 3.8) is 0 Å². The first-order valence-corrected chi connectivity index (χ1v) is 9.97. The SMILES string of the molecule is Cc1ccc(-n2c(CC(C)C)nc3c(c(=O)c4ccccc4n3C)c2=O)cc1Cl. The van der Waals surface area contributed by atoms with Crippen molar-refractivity contribution in [2.45, 2.75) is 27.2 Å². The number of fused-ring (bicyclic) bond motifs is 2. The maximum absolute atomic E-state index is 13.6. The summed E-state index contributed by atoms with van der Waals surface area (Å²) in [6.07, 6.45) is 0.595. The van der Waals surface area contributed by atoms with Crippen molar-refractivity contribution in [2.75, 3.05) is 0 Å². The summed E-state index contributed by atoms with van der Waals surface area (Å²) < 4.78 is 3.35. The van der Waals surface area contributed by atoms with Gasteiger partial charge in [-0.2, -0.15) is 0 Å². The standard InChI is InChI=1S/C23H22ClN3O2/c1-13(2)11-19-25-22-20(21(28)16-7-5-6-8-18(16)26(22)4)23(29)27(19)15-10-9-14(3)17(24)12-15/h5-10,12-13H,11H2,1-4H3. The molecule has 0 saturated carbocycles. The van der Waals surface area contributed by atoms with Crippen LogP contribution in [0.5, 0.6) is 0 Å². The highest BCUT2D eigenvalue weighted by Gasteiger charge is 2.20. The second-order valence-corrected chi connectivity index (χ2v) is 8.21. The Morgan fingerprint density at radius 2 is 1.83 bits per heavy atom. The van der Waals surface area contributed by atoms with Crippen LogP contribution in [-0.2, 0) is 13.5 Å². The average molecular weight is 408 g/mol. The summed E-state index contributed by atoms with van der Waals surface area (Å²) in [6.45, 7) is 6.05. The molecular weight excluding hydrogens is 386 g/mol. The fraction of sp³-hybridized carbons (Fsp3) is 0.261. The lowest BCUT2D eigenvalue weighted by molar-refractivity contribution is 0.604. The molecule has 0 radical (unpaired) electrons.